The molecule has 0 bridgehead atoms. The Hall–Kier alpha value is -1.29. The van der Waals surface area contributed by atoms with Crippen LogP contribution in [0.2, 0.25) is 0 Å². The number of hydrogen-bond donors (Lipinski definition) is 0. The van der Waals surface area contributed by atoms with E-state index >= 15 is 0 Å². The third-order valence-electron chi connectivity index (χ3n) is 2.43. The van der Waals surface area contributed by atoms with Crippen LogP contribution in [0.4, 0.5) is 0 Å². The van der Waals surface area contributed by atoms with Gasteiger partial charge in [-0.05, 0) is 24.8 Å². The minimum atomic E-state index is 0.224. The summed E-state index contributed by atoms with van der Waals surface area (Å²) >= 11 is 0. The molecule has 0 aliphatic heterocycles. The molecule has 0 amide bonds. The fourth-order valence-electron chi connectivity index (χ4n) is 1.57. The van der Waals surface area contributed by atoms with Gasteiger partial charge in [0.25, 0.3) is 5.88 Å². The van der Waals surface area contributed by atoms with Crippen LogP contribution in [0, 0.1) is 0 Å². The molecule has 1 aromatic rings. The van der Waals surface area contributed by atoms with Crippen LogP contribution in [0.3, 0.4) is 0 Å². The summed E-state index contributed by atoms with van der Waals surface area (Å²) in [5.74, 6) is 1.87. The lowest BCUT2D eigenvalue weighted by Crippen LogP contribution is -2.04. The Morgan fingerprint density at radius 1 is 1.40 bits per heavy atom. The summed E-state index contributed by atoms with van der Waals surface area (Å²) in [7, 11) is 3.19. The molecule has 1 fully saturated rings. The average Bonchev–Trinajstić information content (AvgIpc) is 3.09. The normalized spacial score (nSPS) is 15.1. The predicted octanol–water partition coefficient (Wildman–Crippen LogP) is 1.95. The maximum absolute atomic E-state index is 5.50. The quantitative estimate of drug-likeness (QED) is 0.695. The van der Waals surface area contributed by atoms with Crippen LogP contribution in [0.1, 0.15) is 24.3 Å². The molecular weight excluding hydrogens is 194 g/mol. The summed E-state index contributed by atoms with van der Waals surface area (Å²) in [5, 5.41) is 0. The topological polar surface area (TPSA) is 40.6 Å². The van der Waals surface area contributed by atoms with Crippen molar-refractivity contribution in [2.45, 2.75) is 18.8 Å². The molecule has 0 radical (unpaired) electrons. The van der Waals surface area contributed by atoms with Gasteiger partial charge in [-0.2, -0.15) is 0 Å². The Balaban J connectivity index is 2.26. The van der Waals surface area contributed by atoms with Crippen molar-refractivity contribution in [3.63, 3.8) is 0 Å². The second kappa shape index (κ2) is 4.49. The van der Waals surface area contributed by atoms with Gasteiger partial charge in [-0.15, -0.1) is 0 Å². The van der Waals surface area contributed by atoms with E-state index in [0.717, 1.165) is 5.75 Å². The lowest BCUT2D eigenvalue weighted by Gasteiger charge is -2.12. The van der Waals surface area contributed by atoms with E-state index in [-0.39, 0.29) is 6.79 Å². The number of rotatable bonds is 5. The highest BCUT2D eigenvalue weighted by molar-refractivity contribution is 5.45. The van der Waals surface area contributed by atoms with Crippen LogP contribution in [-0.2, 0) is 4.74 Å². The summed E-state index contributed by atoms with van der Waals surface area (Å²) in [6.45, 7) is 0.224. The van der Waals surface area contributed by atoms with Gasteiger partial charge in [0, 0.05) is 18.9 Å². The first-order valence-corrected chi connectivity index (χ1v) is 5.01. The Bertz CT molecular complexity index is 337. The van der Waals surface area contributed by atoms with Crippen molar-refractivity contribution in [1.29, 1.82) is 0 Å². The lowest BCUT2D eigenvalue weighted by atomic mass is 10.1. The van der Waals surface area contributed by atoms with Crippen molar-refractivity contribution in [2.24, 2.45) is 0 Å². The molecule has 4 nitrogen and oxygen atoms in total. The number of ether oxygens (including phenoxy) is 3. The van der Waals surface area contributed by atoms with Crippen molar-refractivity contribution in [2.75, 3.05) is 21.0 Å². The zero-order chi connectivity index (χ0) is 10.7. The molecule has 1 aromatic heterocycles. The molecule has 0 unspecified atom stereocenters. The van der Waals surface area contributed by atoms with E-state index in [9.17, 15) is 0 Å². The molecule has 0 spiro atoms. The van der Waals surface area contributed by atoms with Crippen molar-refractivity contribution >= 4 is 0 Å². The maximum Gasteiger partial charge on any atom is 0.257 e. The van der Waals surface area contributed by atoms with E-state index in [0.29, 0.717) is 11.8 Å². The van der Waals surface area contributed by atoms with Crippen LogP contribution in [0.5, 0.6) is 11.6 Å². The fraction of sp³-hybridized carbons (Fsp3) is 0.545. The largest absolute Gasteiger partial charge is 0.478 e. The van der Waals surface area contributed by atoms with E-state index in [2.05, 4.69) is 4.98 Å². The minimum Gasteiger partial charge on any atom is -0.478 e. The highest BCUT2D eigenvalue weighted by atomic mass is 16.7. The summed E-state index contributed by atoms with van der Waals surface area (Å²) in [5.41, 5.74) is 1.18. The molecule has 0 aromatic carbocycles. The molecular formula is C11H15NO3. The Labute approximate surface area is 89.2 Å². The molecule has 82 valence electrons. The van der Waals surface area contributed by atoms with Gasteiger partial charge in [0.15, 0.2) is 12.5 Å². The van der Waals surface area contributed by atoms with E-state index in [1.165, 1.54) is 18.4 Å². The SMILES string of the molecule is COCOc1c(C2CC2)ccnc1OC. The fourth-order valence-corrected chi connectivity index (χ4v) is 1.57. The first kappa shape index (κ1) is 10.2. The summed E-state index contributed by atoms with van der Waals surface area (Å²) in [4.78, 5) is 4.12. The van der Waals surface area contributed by atoms with Crippen LogP contribution in [0.15, 0.2) is 12.3 Å². The second-order valence-corrected chi connectivity index (χ2v) is 3.56. The van der Waals surface area contributed by atoms with Gasteiger partial charge in [0.05, 0.1) is 7.11 Å². The van der Waals surface area contributed by atoms with Gasteiger partial charge >= 0.3 is 0 Å². The minimum absolute atomic E-state index is 0.224. The van der Waals surface area contributed by atoms with Gasteiger partial charge in [-0.1, -0.05) is 0 Å². The smallest absolute Gasteiger partial charge is 0.257 e. The van der Waals surface area contributed by atoms with Gasteiger partial charge in [0.1, 0.15) is 0 Å². The summed E-state index contributed by atoms with van der Waals surface area (Å²) < 4.78 is 15.6. The van der Waals surface area contributed by atoms with Crippen molar-refractivity contribution < 1.29 is 14.2 Å². The van der Waals surface area contributed by atoms with Crippen molar-refractivity contribution in [3.05, 3.63) is 17.8 Å². The highest BCUT2D eigenvalue weighted by Crippen LogP contribution is 2.46. The third-order valence-corrected chi connectivity index (χ3v) is 2.43. The molecule has 2 rings (SSSR count). The van der Waals surface area contributed by atoms with Crippen LogP contribution in [0.25, 0.3) is 0 Å². The van der Waals surface area contributed by atoms with Crippen LogP contribution < -0.4 is 9.47 Å². The third kappa shape index (κ3) is 2.21. The van der Waals surface area contributed by atoms with E-state index < -0.39 is 0 Å². The zero-order valence-corrected chi connectivity index (χ0v) is 9.03. The van der Waals surface area contributed by atoms with Gasteiger partial charge in [-0.3, -0.25) is 0 Å². The molecule has 0 saturated heterocycles. The molecule has 0 N–H and O–H groups in total. The predicted molar refractivity (Wildman–Crippen MR) is 55.3 cm³/mol. The van der Waals surface area contributed by atoms with Gasteiger partial charge < -0.3 is 14.2 Å². The average molecular weight is 209 g/mol. The summed E-state index contributed by atoms with van der Waals surface area (Å²) in [6.07, 6.45) is 4.19. The molecule has 1 heterocycles. The summed E-state index contributed by atoms with van der Waals surface area (Å²) in [6, 6.07) is 1.99. The van der Waals surface area contributed by atoms with Crippen molar-refractivity contribution in [3.8, 4) is 11.6 Å². The van der Waals surface area contributed by atoms with Crippen LogP contribution in [-0.4, -0.2) is 26.0 Å². The number of methoxy groups -OCH3 is 2. The number of nitrogens with zero attached hydrogens (tertiary/aromatic N) is 1. The van der Waals surface area contributed by atoms with Gasteiger partial charge in [-0.25, -0.2) is 4.98 Å². The number of hydrogen-bond acceptors (Lipinski definition) is 4. The van der Waals surface area contributed by atoms with E-state index in [4.69, 9.17) is 14.2 Å². The molecule has 4 heteroatoms. The zero-order valence-electron chi connectivity index (χ0n) is 9.03. The number of aromatic nitrogens is 1. The number of pyridine rings is 1. The molecule has 15 heavy (non-hydrogen) atoms. The lowest BCUT2D eigenvalue weighted by molar-refractivity contribution is 0.0479. The van der Waals surface area contributed by atoms with Crippen LogP contribution >= 0.6 is 0 Å². The maximum atomic E-state index is 5.50. The Morgan fingerprint density at radius 2 is 2.20 bits per heavy atom. The molecule has 1 saturated carbocycles. The standard InChI is InChI=1S/C11H15NO3/c1-13-7-15-10-9(8-3-4-8)5-6-12-11(10)14-2/h5-6,8H,3-4,7H2,1-2H3. The van der Waals surface area contributed by atoms with Crippen molar-refractivity contribution in [1.82, 2.24) is 4.98 Å². The molecule has 1 aliphatic carbocycles. The Kier molecular flexibility index (Phi) is 3.06. The Morgan fingerprint density at radius 3 is 2.80 bits per heavy atom. The molecule has 1 aliphatic rings. The highest BCUT2D eigenvalue weighted by Gasteiger charge is 2.28. The monoisotopic (exact) mass is 209 g/mol. The van der Waals surface area contributed by atoms with E-state index in [1.807, 2.05) is 6.07 Å². The second-order valence-electron chi connectivity index (χ2n) is 3.56. The molecule has 0 atom stereocenters. The first-order valence-electron chi connectivity index (χ1n) is 5.01. The first-order chi connectivity index (χ1) is 7.36. The van der Waals surface area contributed by atoms with Gasteiger partial charge in [0.2, 0.25) is 0 Å². The van der Waals surface area contributed by atoms with E-state index in [1.54, 1.807) is 20.4 Å².